The van der Waals surface area contributed by atoms with Gasteiger partial charge < -0.3 is 55.7 Å². The highest BCUT2D eigenvalue weighted by Gasteiger charge is 2.30. The minimum Gasteiger partial charge on any atom is -0.494 e. The molecule has 0 saturated carbocycles. The number of aryl methyl sites for hydroxylation is 4. The molecular formula is C62H73N17O13. The molecule has 8 rings (SSSR count). The zero-order valence-corrected chi connectivity index (χ0v) is 52.3. The smallest absolute Gasteiger partial charge is 0.409 e. The second-order valence-corrected chi connectivity index (χ2v) is 21.9. The molecule has 1 aliphatic heterocycles. The molecule has 3 aromatic carbocycles. The Morgan fingerprint density at radius 3 is 1.71 bits per heavy atom. The number of aromatic nitrogens is 8. The number of nitrogens with zero attached hydrogens (tertiary/aromatic N) is 10. The molecule has 30 heteroatoms. The number of ether oxygens (including phenoxy) is 3. The van der Waals surface area contributed by atoms with Crippen LogP contribution in [0, 0.1) is 19.8 Å². The molecule has 1 aliphatic rings. The summed E-state index contributed by atoms with van der Waals surface area (Å²) < 4.78 is 24.2. The first-order chi connectivity index (χ1) is 43.9. The normalized spacial score (nSPS) is 12.8. The Labute approximate surface area is 527 Å². The molecule has 0 aliphatic carbocycles. The van der Waals surface area contributed by atoms with Gasteiger partial charge in [0.1, 0.15) is 52.6 Å². The van der Waals surface area contributed by atoms with Crippen LogP contribution < -0.4 is 47.5 Å². The number of hydrogen-bond acceptors (Lipinski definition) is 17. The van der Waals surface area contributed by atoms with Crippen molar-refractivity contribution < 1.29 is 62.2 Å². The van der Waals surface area contributed by atoms with E-state index < -0.39 is 71.3 Å². The van der Waals surface area contributed by atoms with Crippen LogP contribution in [0.25, 0.3) is 22.1 Å². The maximum absolute atomic E-state index is 14.0. The fourth-order valence-corrected chi connectivity index (χ4v) is 9.97. The Morgan fingerprint density at radius 1 is 0.685 bits per heavy atom. The molecule has 30 nitrogen and oxygen atoms in total. The molecule has 92 heavy (non-hydrogen) atoms. The van der Waals surface area contributed by atoms with Gasteiger partial charge in [0.05, 0.1) is 36.1 Å². The Hall–Kier alpha value is -11.2. The Balaban J connectivity index is 0.923. The molecular weight excluding hydrogens is 1190 g/mol. The lowest BCUT2D eigenvalue weighted by molar-refractivity contribution is -0.137. The number of nitrogens with one attached hydrogen (secondary N) is 5. The topological polar surface area (TPSA) is 388 Å². The standard InChI is InChI=1S/C62H73N17O13/c1-10-78-44(27-35(5)72-78)57(86)70-60-67-42-29-39(54(63)83)31-46(90-9)52(42)76(60)23-12-13-24-77-53-43(68-61(77)71-58(87)45-28-36(6)73-79(45)11-2)30-40(55(64)84)32-47(53)91-26-14-22-74(8)62(89)92-33-38-15-17-41(18-16-38)66-56(85)37(7)65-59(88)51(34(3)4)69-48(80)21-25-75-49(81)19-20-50(75)82/h12-13,15-20,27-32,34,37,51H,10-11,14,21-26,33H2,1-9H3,(H2,63,83)(H2,64,84)(H,65,88)(H,66,85)(H,69,80)(H,67,70,86)(H,68,71,87)/b13-12+/t37-,51-/m0/s1. The van der Waals surface area contributed by atoms with E-state index in [2.05, 4.69) is 36.8 Å². The molecule has 7 aromatic rings. The van der Waals surface area contributed by atoms with E-state index in [1.807, 2.05) is 13.8 Å². The van der Waals surface area contributed by atoms with Crippen molar-refractivity contribution in [2.24, 2.45) is 17.4 Å². The van der Waals surface area contributed by atoms with Gasteiger partial charge in [-0.1, -0.05) is 38.1 Å². The third-order valence-corrected chi connectivity index (χ3v) is 14.7. The minimum absolute atomic E-state index is 0.0163. The maximum atomic E-state index is 14.0. The predicted octanol–water partition coefficient (Wildman–Crippen LogP) is 4.34. The highest BCUT2D eigenvalue weighted by atomic mass is 16.6. The largest absolute Gasteiger partial charge is 0.494 e. The number of allylic oxidation sites excluding steroid dienone is 2. The fourth-order valence-electron chi connectivity index (χ4n) is 9.97. The fraction of sp³-hybridized carbons (Fsp3) is 0.355. The van der Waals surface area contributed by atoms with Crippen molar-refractivity contribution in [2.45, 2.75) is 106 Å². The number of fused-ring (bicyclic) bond motifs is 2. The van der Waals surface area contributed by atoms with E-state index >= 15 is 0 Å². The number of primary amides is 2. The summed E-state index contributed by atoms with van der Waals surface area (Å²) in [6, 6.07) is 13.7. The number of carbonyl (C=O) groups is 10. The van der Waals surface area contributed by atoms with Gasteiger partial charge in [0, 0.05) is 81.7 Å². The molecule has 0 radical (unpaired) electrons. The van der Waals surface area contributed by atoms with E-state index in [-0.39, 0.29) is 104 Å². The van der Waals surface area contributed by atoms with Crippen LogP contribution in [0.15, 0.2) is 85.0 Å². The molecule has 0 fully saturated rings. The number of amides is 10. The van der Waals surface area contributed by atoms with Gasteiger partial charge in [0.25, 0.3) is 23.6 Å². The van der Waals surface area contributed by atoms with Gasteiger partial charge in [-0.3, -0.25) is 68.0 Å². The summed E-state index contributed by atoms with van der Waals surface area (Å²) in [6.07, 6.45) is 5.21. The summed E-state index contributed by atoms with van der Waals surface area (Å²) in [4.78, 5) is 141. The Bertz CT molecular complexity index is 4060. The van der Waals surface area contributed by atoms with Gasteiger partial charge in [-0.05, 0) is 101 Å². The van der Waals surface area contributed by atoms with Crippen molar-refractivity contribution >= 4 is 98.9 Å². The van der Waals surface area contributed by atoms with Crippen LogP contribution in [0.1, 0.15) is 106 Å². The van der Waals surface area contributed by atoms with Crippen LogP contribution in [0.5, 0.6) is 11.5 Å². The minimum atomic E-state index is -1.02. The lowest BCUT2D eigenvalue weighted by atomic mass is 10.0. The molecule has 10 amide bonds. The van der Waals surface area contributed by atoms with Gasteiger partial charge in [-0.25, -0.2) is 14.8 Å². The number of imidazole rings is 2. The zero-order chi connectivity index (χ0) is 66.7. The number of nitrogens with two attached hydrogens (primary N) is 2. The van der Waals surface area contributed by atoms with Crippen LogP contribution in [0.3, 0.4) is 0 Å². The lowest BCUT2D eigenvalue weighted by Crippen LogP contribution is -2.54. The van der Waals surface area contributed by atoms with Gasteiger partial charge in [-0.2, -0.15) is 10.2 Å². The average molecular weight is 1260 g/mol. The summed E-state index contributed by atoms with van der Waals surface area (Å²) in [5.74, 6) is -4.97. The van der Waals surface area contributed by atoms with Crippen molar-refractivity contribution in [3.05, 3.63) is 124 Å². The van der Waals surface area contributed by atoms with Gasteiger partial charge in [0.2, 0.25) is 41.4 Å². The van der Waals surface area contributed by atoms with Crippen molar-refractivity contribution in [1.29, 1.82) is 0 Å². The van der Waals surface area contributed by atoms with Crippen molar-refractivity contribution in [1.82, 2.24) is 59.1 Å². The summed E-state index contributed by atoms with van der Waals surface area (Å²) in [7, 11) is 2.98. The highest BCUT2D eigenvalue weighted by molar-refractivity contribution is 6.13. The van der Waals surface area contributed by atoms with Crippen LogP contribution in [-0.4, -0.2) is 154 Å². The zero-order valence-electron chi connectivity index (χ0n) is 52.3. The summed E-state index contributed by atoms with van der Waals surface area (Å²) in [5.41, 5.74) is 15.9. The average Bonchev–Trinajstić information content (AvgIpc) is 1.65. The summed E-state index contributed by atoms with van der Waals surface area (Å²) >= 11 is 0. The third kappa shape index (κ3) is 15.8. The van der Waals surface area contributed by atoms with E-state index in [9.17, 15) is 47.9 Å². The number of benzene rings is 3. The Kier molecular flexibility index (Phi) is 21.3. The molecule has 5 heterocycles. The molecule has 0 unspecified atom stereocenters. The van der Waals surface area contributed by atoms with Gasteiger partial charge in [-0.15, -0.1) is 0 Å². The van der Waals surface area contributed by atoms with E-state index in [0.717, 1.165) is 17.1 Å². The monoisotopic (exact) mass is 1260 g/mol. The van der Waals surface area contributed by atoms with Crippen molar-refractivity contribution in [3.63, 3.8) is 0 Å². The summed E-state index contributed by atoms with van der Waals surface area (Å²) in [5, 5.41) is 22.6. The molecule has 0 spiro atoms. The van der Waals surface area contributed by atoms with Crippen LogP contribution in [-0.2, 0) is 61.5 Å². The van der Waals surface area contributed by atoms with E-state index in [4.69, 9.17) is 35.6 Å². The third-order valence-electron chi connectivity index (χ3n) is 14.7. The molecule has 9 N–H and O–H groups in total. The highest BCUT2D eigenvalue weighted by Crippen LogP contribution is 2.33. The van der Waals surface area contributed by atoms with Crippen molar-refractivity contribution in [2.75, 3.05) is 49.8 Å². The number of imide groups is 1. The van der Waals surface area contributed by atoms with Gasteiger partial charge in [0.15, 0.2) is 0 Å². The molecule has 484 valence electrons. The molecule has 0 saturated heterocycles. The first-order valence-corrected chi connectivity index (χ1v) is 29.5. The second kappa shape index (κ2) is 29.4. The lowest BCUT2D eigenvalue weighted by Gasteiger charge is -2.24. The number of rotatable bonds is 29. The number of anilines is 3. The number of hydrogen-bond donors (Lipinski definition) is 7. The maximum Gasteiger partial charge on any atom is 0.409 e. The number of methoxy groups -OCH3 is 1. The Morgan fingerprint density at radius 2 is 1.21 bits per heavy atom. The molecule has 2 atom stereocenters. The SMILES string of the molecule is CCn1nc(C)cc1C(=O)Nc1nc2cc(C(N)=O)cc(OC)c2n1C/C=C/Cn1c(NC(=O)c2cc(C)nn2CC)nc2cc(C(N)=O)cc(OCCCN(C)C(=O)OCc3ccc(NC(=O)[C@H](C)NC(=O)[C@@H](NC(=O)CCN4C(=O)C=CC4=O)C(C)C)cc3)c21. The summed E-state index contributed by atoms with van der Waals surface area (Å²) in [6.45, 7) is 13.0. The van der Waals surface area contributed by atoms with E-state index in [1.165, 1.54) is 43.2 Å². The van der Waals surface area contributed by atoms with E-state index in [0.29, 0.717) is 58.0 Å². The molecule has 0 bridgehead atoms. The first kappa shape index (κ1) is 66.7. The quantitative estimate of drug-likeness (QED) is 0.0195. The second-order valence-electron chi connectivity index (χ2n) is 21.9. The van der Waals surface area contributed by atoms with Crippen LogP contribution in [0.4, 0.5) is 22.4 Å². The van der Waals surface area contributed by atoms with E-state index in [1.54, 1.807) is 102 Å². The first-order valence-electron chi connectivity index (χ1n) is 29.5. The predicted molar refractivity (Wildman–Crippen MR) is 336 cm³/mol. The van der Waals surface area contributed by atoms with Crippen LogP contribution in [0.2, 0.25) is 0 Å². The number of carbonyl (C=O) groups excluding carboxylic acids is 10. The molecule has 4 aromatic heterocycles. The van der Waals surface area contributed by atoms with Crippen LogP contribution >= 0.6 is 0 Å². The van der Waals surface area contributed by atoms with Gasteiger partial charge >= 0.3 is 6.09 Å². The van der Waals surface area contributed by atoms with Crippen molar-refractivity contribution in [3.8, 4) is 11.5 Å².